The molecule has 0 N–H and O–H groups in total. The molecule has 0 saturated heterocycles. The van der Waals surface area contributed by atoms with E-state index in [9.17, 15) is 5.26 Å². The van der Waals surface area contributed by atoms with Gasteiger partial charge >= 0.3 is 0 Å². The van der Waals surface area contributed by atoms with Crippen molar-refractivity contribution in [3.63, 3.8) is 0 Å². The number of fused-ring (bicyclic) bond motifs is 3. The maximum absolute atomic E-state index is 9.52. The molecule has 2 heterocycles. The lowest BCUT2D eigenvalue weighted by Crippen LogP contribution is -2.15. The Bertz CT molecular complexity index is 2320. The van der Waals surface area contributed by atoms with Crippen LogP contribution in [-0.4, -0.2) is 19.9 Å². The van der Waals surface area contributed by atoms with Crippen molar-refractivity contribution in [1.29, 1.82) is 5.26 Å². The van der Waals surface area contributed by atoms with E-state index in [1.54, 1.807) is 12.4 Å². The quantitative estimate of drug-likeness (QED) is 0.196. The van der Waals surface area contributed by atoms with Crippen LogP contribution in [0.4, 0.5) is 0 Å². The van der Waals surface area contributed by atoms with Gasteiger partial charge in [0, 0.05) is 34.5 Å². The predicted octanol–water partition coefficient (Wildman–Crippen LogP) is 9.78. The topological polar surface area (TPSA) is 75.3 Å². The van der Waals surface area contributed by atoms with Crippen LogP contribution in [0.3, 0.4) is 0 Å². The van der Waals surface area contributed by atoms with E-state index in [1.807, 2.05) is 54.6 Å². The zero-order valence-corrected chi connectivity index (χ0v) is 26.0. The number of aromatic nitrogens is 4. The van der Waals surface area contributed by atoms with Crippen LogP contribution >= 0.6 is 0 Å². The molecule has 5 heteroatoms. The molecule has 2 aromatic heterocycles. The maximum atomic E-state index is 9.52. The molecule has 0 atom stereocenters. The zero-order valence-electron chi connectivity index (χ0n) is 26.0. The van der Waals surface area contributed by atoms with Crippen LogP contribution in [0.15, 0.2) is 140 Å². The SMILES string of the molecule is CC1(C)c2cc(C#N)ccc2-c2ccc(-c3cccc(-c4nc(-c5ccccc5)nc(-c5ccc(-c6ccncc6)cc5)n4)c3)cc21. The Hall–Kier alpha value is -6.25. The Kier molecular flexibility index (Phi) is 6.78. The second-order valence-electron chi connectivity index (χ2n) is 12.3. The van der Waals surface area contributed by atoms with Gasteiger partial charge in [0.1, 0.15) is 0 Å². The summed E-state index contributed by atoms with van der Waals surface area (Å²) in [6.07, 6.45) is 3.60. The second-order valence-corrected chi connectivity index (χ2v) is 12.3. The first-order chi connectivity index (χ1) is 23.0. The molecule has 0 spiro atoms. The molecule has 7 aromatic rings. The number of benzene rings is 5. The van der Waals surface area contributed by atoms with E-state index in [0.29, 0.717) is 23.0 Å². The van der Waals surface area contributed by atoms with Crippen LogP contribution in [0.25, 0.3) is 67.5 Å². The highest BCUT2D eigenvalue weighted by atomic mass is 15.0. The summed E-state index contributed by atoms with van der Waals surface area (Å²) in [7, 11) is 0. The summed E-state index contributed by atoms with van der Waals surface area (Å²) in [4.78, 5) is 19.0. The molecule has 8 rings (SSSR count). The highest BCUT2D eigenvalue weighted by Gasteiger charge is 2.35. The van der Waals surface area contributed by atoms with Gasteiger partial charge in [-0.15, -0.1) is 0 Å². The summed E-state index contributed by atoms with van der Waals surface area (Å²) in [6, 6.07) is 45.7. The Morgan fingerprint density at radius 3 is 1.68 bits per heavy atom. The lowest BCUT2D eigenvalue weighted by atomic mass is 9.81. The van der Waals surface area contributed by atoms with Crippen molar-refractivity contribution in [2.24, 2.45) is 0 Å². The molecule has 222 valence electrons. The molecule has 5 aromatic carbocycles. The Labute approximate surface area is 273 Å². The first-order valence-corrected chi connectivity index (χ1v) is 15.6. The highest BCUT2D eigenvalue weighted by molar-refractivity contribution is 5.84. The Morgan fingerprint density at radius 1 is 0.468 bits per heavy atom. The molecule has 0 unspecified atom stereocenters. The van der Waals surface area contributed by atoms with Gasteiger partial charge in [0.15, 0.2) is 17.5 Å². The number of hydrogen-bond donors (Lipinski definition) is 0. The minimum absolute atomic E-state index is 0.216. The Morgan fingerprint density at radius 2 is 0.979 bits per heavy atom. The molecule has 0 bridgehead atoms. The van der Waals surface area contributed by atoms with Crippen molar-refractivity contribution >= 4 is 0 Å². The van der Waals surface area contributed by atoms with Gasteiger partial charge in [-0.05, 0) is 80.9 Å². The van der Waals surface area contributed by atoms with Crippen molar-refractivity contribution in [2.75, 3.05) is 0 Å². The molecule has 0 amide bonds. The molecule has 1 aliphatic rings. The van der Waals surface area contributed by atoms with Gasteiger partial charge in [-0.2, -0.15) is 5.26 Å². The molecule has 0 fully saturated rings. The fourth-order valence-electron chi connectivity index (χ4n) is 6.53. The number of nitrogens with zero attached hydrogens (tertiary/aromatic N) is 5. The first-order valence-electron chi connectivity index (χ1n) is 15.6. The van der Waals surface area contributed by atoms with E-state index < -0.39 is 0 Å². The summed E-state index contributed by atoms with van der Waals surface area (Å²) in [5, 5.41) is 9.52. The highest BCUT2D eigenvalue weighted by Crippen LogP contribution is 2.50. The third kappa shape index (κ3) is 5.07. The molecule has 47 heavy (non-hydrogen) atoms. The van der Waals surface area contributed by atoms with Crippen LogP contribution in [-0.2, 0) is 5.41 Å². The normalized spacial score (nSPS) is 12.6. The van der Waals surface area contributed by atoms with Crippen LogP contribution in [0.1, 0.15) is 30.5 Å². The largest absolute Gasteiger partial charge is 0.265 e. The van der Waals surface area contributed by atoms with E-state index >= 15 is 0 Å². The summed E-state index contributed by atoms with van der Waals surface area (Å²) < 4.78 is 0. The van der Waals surface area contributed by atoms with Gasteiger partial charge in [0.2, 0.25) is 0 Å². The van der Waals surface area contributed by atoms with Crippen molar-refractivity contribution in [1.82, 2.24) is 19.9 Å². The second kappa shape index (κ2) is 11.3. The number of hydrogen-bond acceptors (Lipinski definition) is 5. The minimum atomic E-state index is -0.216. The summed E-state index contributed by atoms with van der Waals surface area (Å²) in [5.41, 5.74) is 12.5. The van der Waals surface area contributed by atoms with E-state index in [-0.39, 0.29) is 5.41 Å². The summed E-state index contributed by atoms with van der Waals surface area (Å²) in [5.74, 6) is 1.86. The summed E-state index contributed by atoms with van der Waals surface area (Å²) >= 11 is 0. The van der Waals surface area contributed by atoms with Crippen molar-refractivity contribution < 1.29 is 0 Å². The average molecular weight is 604 g/mol. The van der Waals surface area contributed by atoms with E-state index in [0.717, 1.165) is 38.9 Å². The maximum Gasteiger partial charge on any atom is 0.164 e. The fourth-order valence-corrected chi connectivity index (χ4v) is 6.53. The van der Waals surface area contributed by atoms with Crippen LogP contribution < -0.4 is 0 Å². The molecule has 5 nitrogen and oxygen atoms in total. The van der Waals surface area contributed by atoms with Gasteiger partial charge in [-0.25, -0.2) is 15.0 Å². The number of pyridine rings is 1. The molecular weight excluding hydrogens is 574 g/mol. The van der Waals surface area contributed by atoms with E-state index in [1.165, 1.54) is 22.3 Å². The number of rotatable bonds is 5. The van der Waals surface area contributed by atoms with Gasteiger partial charge in [-0.1, -0.05) is 105 Å². The van der Waals surface area contributed by atoms with Crippen LogP contribution in [0, 0.1) is 11.3 Å². The van der Waals surface area contributed by atoms with Crippen LogP contribution in [0.5, 0.6) is 0 Å². The Balaban J connectivity index is 1.20. The van der Waals surface area contributed by atoms with E-state index in [2.05, 4.69) is 97.7 Å². The number of nitriles is 1. The lowest BCUT2D eigenvalue weighted by molar-refractivity contribution is 0.660. The zero-order chi connectivity index (χ0) is 32.0. The van der Waals surface area contributed by atoms with Gasteiger partial charge in [0.25, 0.3) is 0 Å². The standard InChI is InChI=1S/C42H29N5/c1-42(2)37-23-27(26-43)11-17-35(37)36-18-16-33(25-38(36)42)32-9-6-10-34(24-32)41-46-39(30-7-4-3-5-8-30)45-40(47-41)31-14-12-28(13-15-31)29-19-21-44-22-20-29/h3-25H,1-2H3. The predicted molar refractivity (Wildman–Crippen MR) is 187 cm³/mol. The lowest BCUT2D eigenvalue weighted by Gasteiger charge is -2.22. The third-order valence-corrected chi connectivity index (χ3v) is 9.08. The fraction of sp³-hybridized carbons (Fsp3) is 0.0714. The van der Waals surface area contributed by atoms with Gasteiger partial charge in [0.05, 0.1) is 11.6 Å². The summed E-state index contributed by atoms with van der Waals surface area (Å²) in [6.45, 7) is 4.47. The average Bonchev–Trinajstić information content (AvgIpc) is 3.37. The van der Waals surface area contributed by atoms with E-state index in [4.69, 9.17) is 15.0 Å². The van der Waals surface area contributed by atoms with Crippen molar-refractivity contribution in [3.8, 4) is 73.6 Å². The first kappa shape index (κ1) is 28.2. The van der Waals surface area contributed by atoms with Crippen molar-refractivity contribution in [3.05, 3.63) is 156 Å². The third-order valence-electron chi connectivity index (χ3n) is 9.08. The minimum Gasteiger partial charge on any atom is -0.265 e. The molecule has 1 aliphatic carbocycles. The van der Waals surface area contributed by atoms with Gasteiger partial charge in [-0.3, -0.25) is 4.98 Å². The molecule has 0 aliphatic heterocycles. The monoisotopic (exact) mass is 603 g/mol. The molecular formula is C42H29N5. The molecule has 0 saturated carbocycles. The molecule has 0 radical (unpaired) electrons. The smallest absolute Gasteiger partial charge is 0.164 e. The van der Waals surface area contributed by atoms with Gasteiger partial charge < -0.3 is 0 Å². The van der Waals surface area contributed by atoms with Crippen LogP contribution in [0.2, 0.25) is 0 Å². The van der Waals surface area contributed by atoms with Crippen molar-refractivity contribution in [2.45, 2.75) is 19.3 Å².